The van der Waals surface area contributed by atoms with Crippen molar-refractivity contribution in [1.82, 2.24) is 0 Å². The molecule has 0 fully saturated rings. The van der Waals surface area contributed by atoms with Crippen molar-refractivity contribution in [3.05, 3.63) is 52.6 Å². The van der Waals surface area contributed by atoms with Crippen LogP contribution < -0.4 is 0 Å². The second-order valence-corrected chi connectivity index (χ2v) is 5.16. The third kappa shape index (κ3) is 1.67. The monoisotopic (exact) mass is 278 g/mol. The van der Waals surface area contributed by atoms with E-state index < -0.39 is 0 Å². The van der Waals surface area contributed by atoms with E-state index in [1.165, 1.54) is 23.5 Å². The smallest absolute Gasteiger partial charge is 0.135 e. The topological polar surface area (TPSA) is 20.2 Å². The summed E-state index contributed by atoms with van der Waals surface area (Å²) >= 11 is 7.43. The zero-order valence-corrected chi connectivity index (χ0v) is 10.7. The first-order valence-electron chi connectivity index (χ1n) is 5.32. The summed E-state index contributed by atoms with van der Waals surface area (Å²) in [6.07, 6.45) is 0. The summed E-state index contributed by atoms with van der Waals surface area (Å²) in [7, 11) is 0. The van der Waals surface area contributed by atoms with Gasteiger partial charge >= 0.3 is 0 Å². The lowest BCUT2D eigenvalue weighted by Crippen LogP contribution is -1.81. The van der Waals surface area contributed by atoms with Crippen molar-refractivity contribution in [2.75, 3.05) is 0 Å². The van der Waals surface area contributed by atoms with Gasteiger partial charge in [0.1, 0.15) is 16.6 Å². The highest BCUT2D eigenvalue weighted by Crippen LogP contribution is 2.41. The lowest BCUT2D eigenvalue weighted by atomic mass is 10.0. The summed E-state index contributed by atoms with van der Waals surface area (Å²) in [5.74, 6) is -0.215. The average molecular weight is 279 g/mol. The Kier molecular flexibility index (Phi) is 2.73. The van der Waals surface area contributed by atoms with E-state index in [1.807, 2.05) is 5.38 Å². The molecule has 0 spiro atoms. The SMILES string of the molecule is Oc1ccc2c(-c3ccccc3F)csc2c1Cl. The molecule has 0 atom stereocenters. The molecule has 4 heteroatoms. The van der Waals surface area contributed by atoms with E-state index in [9.17, 15) is 9.50 Å². The number of aromatic hydroxyl groups is 1. The van der Waals surface area contributed by atoms with Gasteiger partial charge in [-0.05, 0) is 23.6 Å². The molecule has 0 aliphatic rings. The third-order valence-electron chi connectivity index (χ3n) is 2.83. The van der Waals surface area contributed by atoms with E-state index in [0.717, 1.165) is 15.6 Å². The summed E-state index contributed by atoms with van der Waals surface area (Å²) < 4.78 is 14.6. The van der Waals surface area contributed by atoms with Crippen LogP contribution in [-0.2, 0) is 0 Å². The van der Waals surface area contributed by atoms with Gasteiger partial charge < -0.3 is 5.11 Å². The van der Waals surface area contributed by atoms with Gasteiger partial charge in [-0.25, -0.2) is 4.39 Å². The predicted molar refractivity (Wildman–Crippen MR) is 73.9 cm³/mol. The van der Waals surface area contributed by atoms with Crippen molar-refractivity contribution in [2.45, 2.75) is 0 Å². The maximum atomic E-state index is 13.8. The molecule has 0 aliphatic carbocycles. The third-order valence-corrected chi connectivity index (χ3v) is 4.33. The Hall–Kier alpha value is -1.58. The van der Waals surface area contributed by atoms with Crippen LogP contribution in [0.25, 0.3) is 21.2 Å². The minimum Gasteiger partial charge on any atom is -0.506 e. The summed E-state index contributed by atoms with van der Waals surface area (Å²) in [5.41, 5.74) is 1.35. The first-order valence-corrected chi connectivity index (χ1v) is 6.58. The van der Waals surface area contributed by atoms with Crippen LogP contribution in [0.1, 0.15) is 0 Å². The summed E-state index contributed by atoms with van der Waals surface area (Å²) in [4.78, 5) is 0. The number of thiophene rings is 1. The molecule has 0 radical (unpaired) electrons. The fourth-order valence-electron chi connectivity index (χ4n) is 1.94. The summed E-state index contributed by atoms with van der Waals surface area (Å²) in [5, 5.41) is 12.6. The largest absolute Gasteiger partial charge is 0.506 e. The maximum Gasteiger partial charge on any atom is 0.135 e. The summed E-state index contributed by atoms with van der Waals surface area (Å²) in [6.45, 7) is 0. The van der Waals surface area contributed by atoms with Gasteiger partial charge in [0.2, 0.25) is 0 Å². The van der Waals surface area contributed by atoms with Crippen molar-refractivity contribution in [3.8, 4) is 16.9 Å². The van der Waals surface area contributed by atoms with Gasteiger partial charge in [0, 0.05) is 16.5 Å². The fraction of sp³-hybridized carbons (Fsp3) is 0. The van der Waals surface area contributed by atoms with Crippen molar-refractivity contribution < 1.29 is 9.50 Å². The standard InChI is InChI=1S/C14H8ClFOS/c15-13-12(17)6-5-9-10(7-18-14(9)13)8-3-1-2-4-11(8)16/h1-7,17H. The molecule has 3 rings (SSSR count). The van der Waals surface area contributed by atoms with Crippen LogP contribution in [-0.4, -0.2) is 5.11 Å². The molecular formula is C14H8ClFOS. The van der Waals surface area contributed by atoms with Crippen molar-refractivity contribution in [1.29, 1.82) is 0 Å². The molecule has 0 amide bonds. The van der Waals surface area contributed by atoms with E-state index in [0.29, 0.717) is 10.6 Å². The minimum absolute atomic E-state index is 0.0473. The number of halogens is 2. The molecule has 2 aromatic carbocycles. The Balaban J connectivity index is 2.32. The highest BCUT2D eigenvalue weighted by atomic mass is 35.5. The van der Waals surface area contributed by atoms with E-state index in [1.54, 1.807) is 24.3 Å². The number of rotatable bonds is 1. The van der Waals surface area contributed by atoms with Crippen molar-refractivity contribution in [3.63, 3.8) is 0 Å². The van der Waals surface area contributed by atoms with E-state index in [-0.39, 0.29) is 11.6 Å². The number of benzene rings is 2. The first-order chi connectivity index (χ1) is 8.68. The van der Waals surface area contributed by atoms with E-state index >= 15 is 0 Å². The van der Waals surface area contributed by atoms with E-state index in [4.69, 9.17) is 11.6 Å². The fourth-order valence-corrected chi connectivity index (χ4v) is 3.24. The molecule has 18 heavy (non-hydrogen) atoms. The highest BCUT2D eigenvalue weighted by Gasteiger charge is 2.13. The first kappa shape index (κ1) is 11.5. The lowest BCUT2D eigenvalue weighted by molar-refractivity contribution is 0.476. The van der Waals surface area contributed by atoms with Crippen LogP contribution in [0.5, 0.6) is 5.75 Å². The number of hydrogen-bond donors (Lipinski definition) is 1. The number of fused-ring (bicyclic) bond motifs is 1. The Labute approximate surface area is 112 Å². The Morgan fingerprint density at radius 1 is 1.06 bits per heavy atom. The number of phenols is 1. The average Bonchev–Trinajstić information content (AvgIpc) is 2.79. The molecule has 0 saturated heterocycles. The van der Waals surface area contributed by atoms with Gasteiger partial charge in [-0.15, -0.1) is 11.3 Å². The van der Waals surface area contributed by atoms with Gasteiger partial charge in [0.15, 0.2) is 0 Å². The van der Waals surface area contributed by atoms with Crippen LogP contribution in [0.4, 0.5) is 4.39 Å². The second-order valence-electron chi connectivity index (χ2n) is 3.90. The van der Waals surface area contributed by atoms with Gasteiger partial charge in [-0.2, -0.15) is 0 Å². The van der Waals surface area contributed by atoms with Crippen LogP contribution >= 0.6 is 22.9 Å². The van der Waals surface area contributed by atoms with Crippen molar-refractivity contribution in [2.24, 2.45) is 0 Å². The normalized spacial score (nSPS) is 11.0. The number of hydrogen-bond acceptors (Lipinski definition) is 2. The zero-order valence-electron chi connectivity index (χ0n) is 9.15. The molecule has 90 valence electrons. The van der Waals surface area contributed by atoms with Crippen molar-refractivity contribution >= 4 is 33.0 Å². The molecule has 0 aliphatic heterocycles. The van der Waals surface area contributed by atoms with E-state index in [2.05, 4.69) is 0 Å². The van der Waals surface area contributed by atoms with Crippen LogP contribution in [0, 0.1) is 5.82 Å². The maximum absolute atomic E-state index is 13.8. The Bertz CT molecular complexity index is 736. The molecule has 1 nitrogen and oxygen atoms in total. The van der Waals surface area contributed by atoms with Gasteiger partial charge in [0.05, 0.1) is 4.70 Å². The molecule has 1 heterocycles. The Morgan fingerprint density at radius 3 is 2.61 bits per heavy atom. The predicted octanol–water partition coefficient (Wildman–Crippen LogP) is 5.07. The van der Waals surface area contributed by atoms with Crippen LogP contribution in [0.15, 0.2) is 41.8 Å². The van der Waals surface area contributed by atoms with Gasteiger partial charge in [-0.3, -0.25) is 0 Å². The number of phenolic OH excluding ortho intramolecular Hbond substituents is 1. The molecule has 1 aromatic heterocycles. The molecule has 0 saturated carbocycles. The molecular weight excluding hydrogens is 271 g/mol. The molecule has 0 unspecified atom stereocenters. The molecule has 3 aromatic rings. The minimum atomic E-state index is -0.263. The zero-order chi connectivity index (χ0) is 12.7. The van der Waals surface area contributed by atoms with Gasteiger partial charge in [-0.1, -0.05) is 29.8 Å². The van der Waals surface area contributed by atoms with Crippen LogP contribution in [0.3, 0.4) is 0 Å². The lowest BCUT2D eigenvalue weighted by Gasteiger charge is -2.02. The van der Waals surface area contributed by atoms with Gasteiger partial charge in [0.25, 0.3) is 0 Å². The second kappa shape index (κ2) is 4.26. The molecule has 1 N–H and O–H groups in total. The molecule has 0 bridgehead atoms. The van der Waals surface area contributed by atoms with Crippen LogP contribution in [0.2, 0.25) is 5.02 Å². The summed E-state index contributed by atoms with van der Waals surface area (Å²) in [6, 6.07) is 9.91. The Morgan fingerprint density at radius 2 is 1.83 bits per heavy atom. The highest BCUT2D eigenvalue weighted by molar-refractivity contribution is 7.18. The quantitative estimate of drug-likeness (QED) is 0.659.